The molecule has 0 spiro atoms. The number of amides is 1. The van der Waals surface area contributed by atoms with Gasteiger partial charge in [-0.1, -0.05) is 18.6 Å². The Bertz CT molecular complexity index is 625. The molecule has 0 atom stereocenters. The van der Waals surface area contributed by atoms with Crippen LogP contribution in [0.4, 0.5) is 8.78 Å². The molecule has 1 amide bonds. The Balaban J connectivity index is 1.97. The number of hydrogen-bond acceptors (Lipinski definition) is 3. The van der Waals surface area contributed by atoms with Crippen molar-refractivity contribution in [2.24, 2.45) is 5.92 Å². The minimum atomic E-state index is -4.58. The number of likely N-dealkylation sites (N-methyl/N-ethyl adjacent to an activating group) is 1. The molecule has 0 N–H and O–H groups in total. The van der Waals surface area contributed by atoms with Gasteiger partial charge < -0.3 is 4.90 Å². The third kappa shape index (κ3) is 3.82. The monoisotopic (exact) mass is 331 g/mol. The van der Waals surface area contributed by atoms with Crippen LogP contribution in [0.1, 0.15) is 24.8 Å². The van der Waals surface area contributed by atoms with E-state index >= 15 is 0 Å². The number of nitrogens with zero attached hydrogens (tertiary/aromatic N) is 1. The normalized spacial score (nSPS) is 15.6. The van der Waals surface area contributed by atoms with Gasteiger partial charge in [0.05, 0.1) is 11.3 Å². The average Bonchev–Trinajstić information content (AvgIpc) is 2.43. The molecule has 7 heteroatoms. The number of rotatable bonds is 6. The Kier molecular flexibility index (Phi) is 5.16. The first kappa shape index (κ1) is 16.9. The minimum absolute atomic E-state index is 0.0589. The van der Waals surface area contributed by atoms with Crippen LogP contribution in [0.3, 0.4) is 0 Å². The van der Waals surface area contributed by atoms with Crippen LogP contribution in [0.25, 0.3) is 0 Å². The summed E-state index contributed by atoms with van der Waals surface area (Å²) in [6.07, 6.45) is 3.65. The Morgan fingerprint density at radius 2 is 1.86 bits per heavy atom. The van der Waals surface area contributed by atoms with Gasteiger partial charge in [0.15, 0.2) is 0 Å². The molecule has 0 aromatic heterocycles. The summed E-state index contributed by atoms with van der Waals surface area (Å²) in [6.45, 7) is 0.733. The van der Waals surface area contributed by atoms with Crippen LogP contribution < -0.4 is 0 Å². The van der Waals surface area contributed by atoms with E-state index in [1.165, 1.54) is 18.6 Å². The van der Waals surface area contributed by atoms with Crippen LogP contribution >= 0.6 is 0 Å². The molecule has 0 saturated heterocycles. The summed E-state index contributed by atoms with van der Waals surface area (Å²) in [5.74, 6) is -2.92. The highest BCUT2D eigenvalue weighted by Gasteiger charge is 2.26. The molecule has 1 aromatic carbocycles. The summed E-state index contributed by atoms with van der Waals surface area (Å²) in [4.78, 5) is 13.3. The maximum atomic E-state index is 12.4. The maximum absolute atomic E-state index is 12.4. The summed E-state index contributed by atoms with van der Waals surface area (Å²) in [7, 11) is -2.83. The van der Waals surface area contributed by atoms with E-state index < -0.39 is 20.5 Å². The van der Waals surface area contributed by atoms with Crippen molar-refractivity contribution in [2.45, 2.75) is 36.3 Å². The Morgan fingerprint density at radius 3 is 2.32 bits per heavy atom. The van der Waals surface area contributed by atoms with Crippen molar-refractivity contribution in [2.75, 3.05) is 13.6 Å². The Morgan fingerprint density at radius 1 is 1.27 bits per heavy atom. The highest BCUT2D eigenvalue weighted by atomic mass is 32.2. The average molecular weight is 331 g/mol. The van der Waals surface area contributed by atoms with E-state index in [0.717, 1.165) is 31.5 Å². The highest BCUT2D eigenvalue weighted by molar-refractivity contribution is 7.91. The van der Waals surface area contributed by atoms with E-state index in [4.69, 9.17) is 0 Å². The fourth-order valence-corrected chi connectivity index (χ4v) is 3.10. The predicted molar refractivity (Wildman–Crippen MR) is 78.3 cm³/mol. The van der Waals surface area contributed by atoms with Gasteiger partial charge in [0, 0.05) is 13.6 Å². The van der Waals surface area contributed by atoms with Crippen molar-refractivity contribution in [1.29, 1.82) is 0 Å². The maximum Gasteiger partial charge on any atom is 0.341 e. The summed E-state index contributed by atoms with van der Waals surface area (Å²) < 4.78 is 47.5. The molecule has 1 saturated carbocycles. The number of benzene rings is 1. The number of hydrogen-bond donors (Lipinski definition) is 0. The first-order valence-electron chi connectivity index (χ1n) is 7.15. The zero-order chi connectivity index (χ0) is 16.3. The lowest BCUT2D eigenvalue weighted by Gasteiger charge is -2.30. The van der Waals surface area contributed by atoms with Gasteiger partial charge in [-0.05, 0) is 36.5 Å². The standard InChI is InChI=1S/C15H19F2NO3S/c1-18(10-12-3-2-4-12)14(19)9-11-5-7-13(8-6-11)22(20,21)15(16)17/h5-8,12,15H,2-4,9-10H2,1H3. The Labute approximate surface area is 129 Å². The second kappa shape index (κ2) is 6.73. The molecule has 1 aromatic rings. The van der Waals surface area contributed by atoms with Gasteiger partial charge in [-0.25, -0.2) is 8.42 Å². The van der Waals surface area contributed by atoms with E-state index in [2.05, 4.69) is 0 Å². The van der Waals surface area contributed by atoms with Crippen molar-refractivity contribution in [1.82, 2.24) is 4.90 Å². The molecule has 0 bridgehead atoms. The quantitative estimate of drug-likeness (QED) is 0.805. The second-order valence-corrected chi connectivity index (χ2v) is 7.62. The van der Waals surface area contributed by atoms with E-state index in [9.17, 15) is 22.0 Å². The molecule has 2 rings (SSSR count). The van der Waals surface area contributed by atoms with Gasteiger partial charge >= 0.3 is 5.76 Å². The van der Waals surface area contributed by atoms with Gasteiger partial charge in [0.1, 0.15) is 0 Å². The summed E-state index contributed by atoms with van der Waals surface area (Å²) in [6, 6.07) is 5.06. The largest absolute Gasteiger partial charge is 0.345 e. The van der Waals surface area contributed by atoms with Crippen molar-refractivity contribution in [3.05, 3.63) is 29.8 Å². The summed E-state index contributed by atoms with van der Waals surface area (Å²) >= 11 is 0. The smallest absolute Gasteiger partial charge is 0.341 e. The summed E-state index contributed by atoms with van der Waals surface area (Å²) in [5, 5.41) is 0. The van der Waals surface area contributed by atoms with Crippen LogP contribution in [-0.2, 0) is 21.1 Å². The number of carbonyl (C=O) groups excluding carboxylic acids is 1. The third-order valence-electron chi connectivity index (χ3n) is 4.02. The van der Waals surface area contributed by atoms with Crippen LogP contribution in [0.5, 0.6) is 0 Å². The van der Waals surface area contributed by atoms with Crippen molar-refractivity contribution in [3.8, 4) is 0 Å². The first-order valence-corrected chi connectivity index (χ1v) is 8.70. The molecule has 1 aliphatic carbocycles. The second-order valence-electron chi connectivity index (χ2n) is 5.70. The van der Waals surface area contributed by atoms with Crippen LogP contribution in [0, 0.1) is 5.92 Å². The third-order valence-corrected chi connectivity index (χ3v) is 5.42. The SMILES string of the molecule is CN(CC1CCC1)C(=O)Cc1ccc(S(=O)(=O)C(F)F)cc1. The highest BCUT2D eigenvalue weighted by Crippen LogP contribution is 2.27. The minimum Gasteiger partial charge on any atom is -0.345 e. The molecule has 0 radical (unpaired) electrons. The van der Waals surface area contributed by atoms with Gasteiger partial charge in [0.25, 0.3) is 0 Å². The van der Waals surface area contributed by atoms with Gasteiger partial charge in [-0.2, -0.15) is 8.78 Å². The molecule has 0 heterocycles. The fraction of sp³-hybridized carbons (Fsp3) is 0.533. The fourth-order valence-electron chi connectivity index (χ4n) is 2.37. The lowest BCUT2D eigenvalue weighted by Crippen LogP contribution is -2.35. The van der Waals surface area contributed by atoms with Crippen molar-refractivity contribution in [3.63, 3.8) is 0 Å². The Hall–Kier alpha value is -1.50. The molecule has 22 heavy (non-hydrogen) atoms. The predicted octanol–water partition coefficient (Wildman–Crippen LogP) is 2.48. The molecule has 4 nitrogen and oxygen atoms in total. The van der Waals surface area contributed by atoms with Crippen molar-refractivity contribution < 1.29 is 22.0 Å². The van der Waals surface area contributed by atoms with E-state index in [1.807, 2.05) is 0 Å². The van der Waals surface area contributed by atoms with Gasteiger partial charge in [-0.3, -0.25) is 4.79 Å². The van der Waals surface area contributed by atoms with Crippen molar-refractivity contribution >= 4 is 15.7 Å². The molecule has 0 aliphatic heterocycles. The molecule has 122 valence electrons. The van der Waals surface area contributed by atoms with Crippen LogP contribution in [0.2, 0.25) is 0 Å². The van der Waals surface area contributed by atoms with Gasteiger partial charge in [-0.15, -0.1) is 0 Å². The molecule has 1 aliphatic rings. The number of carbonyl (C=O) groups is 1. The summed E-state index contributed by atoms with van der Waals surface area (Å²) in [5.41, 5.74) is 0.610. The van der Waals surface area contributed by atoms with Crippen LogP contribution in [-0.4, -0.2) is 38.6 Å². The lowest BCUT2D eigenvalue weighted by atomic mass is 9.85. The number of alkyl halides is 2. The van der Waals surface area contributed by atoms with E-state index in [1.54, 1.807) is 11.9 Å². The number of halogens is 2. The molecule has 0 unspecified atom stereocenters. The van der Waals surface area contributed by atoms with E-state index in [0.29, 0.717) is 11.5 Å². The number of sulfone groups is 1. The molecular formula is C15H19F2NO3S. The lowest BCUT2D eigenvalue weighted by molar-refractivity contribution is -0.130. The first-order chi connectivity index (χ1) is 10.3. The molecular weight excluding hydrogens is 312 g/mol. The molecule has 1 fully saturated rings. The zero-order valence-electron chi connectivity index (χ0n) is 12.3. The van der Waals surface area contributed by atoms with Gasteiger partial charge in [0.2, 0.25) is 15.7 Å². The van der Waals surface area contributed by atoms with E-state index in [-0.39, 0.29) is 12.3 Å². The van der Waals surface area contributed by atoms with Crippen LogP contribution in [0.15, 0.2) is 29.2 Å². The topological polar surface area (TPSA) is 54.5 Å². The zero-order valence-corrected chi connectivity index (χ0v) is 13.2.